The Morgan fingerprint density at radius 1 is 1.26 bits per heavy atom. The van der Waals surface area contributed by atoms with Crippen molar-refractivity contribution < 1.29 is 4.79 Å². The van der Waals surface area contributed by atoms with E-state index in [0.717, 1.165) is 15.2 Å². The van der Waals surface area contributed by atoms with Gasteiger partial charge in [-0.1, -0.05) is 30.0 Å². The van der Waals surface area contributed by atoms with Crippen LogP contribution in [0.4, 0.5) is 5.69 Å². The molecule has 0 aliphatic heterocycles. The monoisotopic (exact) mass is 336 g/mol. The zero-order valence-electron chi connectivity index (χ0n) is 10.4. The van der Waals surface area contributed by atoms with E-state index < -0.39 is 0 Å². The summed E-state index contributed by atoms with van der Waals surface area (Å²) in [5.41, 5.74) is 0.900. The lowest BCUT2D eigenvalue weighted by molar-refractivity contribution is -0.115. The number of pyridine rings is 1. The molecule has 98 valence electrons. The molecule has 0 saturated heterocycles. The van der Waals surface area contributed by atoms with Crippen LogP contribution in [-0.4, -0.2) is 23.7 Å². The van der Waals surface area contributed by atoms with E-state index >= 15 is 0 Å². The predicted octanol–water partition coefficient (Wildman–Crippen LogP) is 3.60. The second kappa shape index (κ2) is 6.73. The molecule has 0 aliphatic carbocycles. The van der Waals surface area contributed by atoms with Gasteiger partial charge in [-0.3, -0.25) is 4.79 Å². The van der Waals surface area contributed by atoms with E-state index in [0.29, 0.717) is 5.75 Å². The quantitative estimate of drug-likeness (QED) is 0.800. The van der Waals surface area contributed by atoms with Crippen LogP contribution in [0.3, 0.4) is 0 Å². The molecular weight excluding hydrogens is 324 g/mol. The lowest BCUT2D eigenvalue weighted by atomic mass is 10.3. The molecule has 0 aliphatic rings. The van der Waals surface area contributed by atoms with Gasteiger partial charge < -0.3 is 4.90 Å². The van der Waals surface area contributed by atoms with Crippen LogP contribution in [0.1, 0.15) is 0 Å². The summed E-state index contributed by atoms with van der Waals surface area (Å²) in [4.78, 5) is 17.9. The lowest BCUT2D eigenvalue weighted by Gasteiger charge is -2.16. The van der Waals surface area contributed by atoms with Gasteiger partial charge in [0.15, 0.2) is 0 Å². The van der Waals surface area contributed by atoms with Crippen molar-refractivity contribution in [3.63, 3.8) is 0 Å². The maximum atomic E-state index is 12.1. The van der Waals surface area contributed by atoms with E-state index in [-0.39, 0.29) is 5.91 Å². The fourth-order valence-corrected chi connectivity index (χ4v) is 2.47. The minimum atomic E-state index is 0.0564. The molecule has 0 radical (unpaired) electrons. The number of benzene rings is 1. The van der Waals surface area contributed by atoms with Crippen LogP contribution in [0.2, 0.25) is 0 Å². The molecule has 2 aromatic rings. The first-order valence-corrected chi connectivity index (χ1v) is 7.50. The minimum Gasteiger partial charge on any atom is -0.315 e. The maximum Gasteiger partial charge on any atom is 0.237 e. The van der Waals surface area contributed by atoms with E-state index in [9.17, 15) is 4.79 Å². The summed E-state index contributed by atoms with van der Waals surface area (Å²) in [6.45, 7) is 0. The van der Waals surface area contributed by atoms with Crippen molar-refractivity contribution in [3.8, 4) is 0 Å². The van der Waals surface area contributed by atoms with Crippen LogP contribution in [-0.2, 0) is 4.79 Å². The van der Waals surface area contributed by atoms with E-state index in [4.69, 9.17) is 0 Å². The van der Waals surface area contributed by atoms with Gasteiger partial charge >= 0.3 is 0 Å². The van der Waals surface area contributed by atoms with Crippen LogP contribution in [0.15, 0.2) is 58.2 Å². The average Bonchev–Trinajstić information content (AvgIpc) is 2.46. The van der Waals surface area contributed by atoms with Gasteiger partial charge in [0.25, 0.3) is 0 Å². The summed E-state index contributed by atoms with van der Waals surface area (Å²) in [6, 6.07) is 13.4. The third-order valence-electron chi connectivity index (χ3n) is 2.56. The second-order valence-corrected chi connectivity index (χ2v) is 5.80. The van der Waals surface area contributed by atoms with Crippen LogP contribution >= 0.6 is 27.7 Å². The molecule has 0 bridgehead atoms. The number of aromatic nitrogens is 1. The van der Waals surface area contributed by atoms with Gasteiger partial charge in [0.2, 0.25) is 5.91 Å². The summed E-state index contributed by atoms with van der Waals surface area (Å²) < 4.78 is 0.935. The average molecular weight is 337 g/mol. The third kappa shape index (κ3) is 4.08. The van der Waals surface area contributed by atoms with Crippen molar-refractivity contribution >= 4 is 39.3 Å². The molecule has 0 fully saturated rings. The largest absolute Gasteiger partial charge is 0.315 e. The van der Waals surface area contributed by atoms with Crippen LogP contribution in [0.25, 0.3) is 0 Å². The molecule has 0 saturated carbocycles. The highest BCUT2D eigenvalue weighted by molar-refractivity contribution is 9.10. The van der Waals surface area contributed by atoms with Gasteiger partial charge in [-0.2, -0.15) is 0 Å². The predicted molar refractivity (Wildman–Crippen MR) is 82.5 cm³/mol. The molecule has 1 heterocycles. The number of halogens is 1. The number of hydrogen-bond donors (Lipinski definition) is 0. The first-order valence-electron chi connectivity index (χ1n) is 5.73. The molecule has 0 N–H and O–H groups in total. The van der Waals surface area contributed by atoms with Crippen LogP contribution in [0.5, 0.6) is 0 Å². The van der Waals surface area contributed by atoms with Crippen LogP contribution < -0.4 is 4.90 Å². The summed E-state index contributed by atoms with van der Waals surface area (Å²) in [5.74, 6) is 0.431. The topological polar surface area (TPSA) is 33.2 Å². The molecule has 19 heavy (non-hydrogen) atoms. The molecule has 0 unspecified atom stereocenters. The van der Waals surface area contributed by atoms with Gasteiger partial charge in [0, 0.05) is 23.4 Å². The zero-order chi connectivity index (χ0) is 13.7. The SMILES string of the molecule is CN(C(=O)CSc1ccc(Br)cn1)c1ccccc1. The normalized spacial score (nSPS) is 10.2. The van der Waals surface area contributed by atoms with Crippen molar-refractivity contribution in [1.29, 1.82) is 0 Å². The fourth-order valence-electron chi connectivity index (χ4n) is 1.48. The molecule has 3 nitrogen and oxygen atoms in total. The highest BCUT2D eigenvalue weighted by Crippen LogP contribution is 2.19. The number of carbonyl (C=O) groups excluding carboxylic acids is 1. The first kappa shape index (κ1) is 14.1. The first-order chi connectivity index (χ1) is 9.16. The number of hydrogen-bond acceptors (Lipinski definition) is 3. The van der Waals surface area contributed by atoms with Crippen molar-refractivity contribution in [2.75, 3.05) is 17.7 Å². The molecule has 0 spiro atoms. The fraction of sp³-hybridized carbons (Fsp3) is 0.143. The molecule has 2 rings (SSSR count). The van der Waals surface area contributed by atoms with Crippen molar-refractivity contribution in [1.82, 2.24) is 4.98 Å². The molecule has 0 atom stereocenters. The number of rotatable bonds is 4. The number of thioether (sulfide) groups is 1. The Bertz CT molecular complexity index is 545. The van der Waals surface area contributed by atoms with E-state index in [1.165, 1.54) is 11.8 Å². The second-order valence-electron chi connectivity index (χ2n) is 3.89. The number of anilines is 1. The summed E-state index contributed by atoms with van der Waals surface area (Å²) in [5, 5.41) is 0.845. The Kier molecular flexibility index (Phi) is 4.99. The van der Waals surface area contributed by atoms with Gasteiger partial charge in [-0.05, 0) is 40.2 Å². The highest BCUT2D eigenvalue weighted by atomic mass is 79.9. The molecular formula is C14H13BrN2OS. The Morgan fingerprint density at radius 3 is 2.63 bits per heavy atom. The molecule has 5 heteroatoms. The number of para-hydroxylation sites is 1. The van der Waals surface area contributed by atoms with E-state index in [2.05, 4.69) is 20.9 Å². The van der Waals surface area contributed by atoms with Crippen LogP contribution in [0, 0.1) is 0 Å². The van der Waals surface area contributed by atoms with Crippen molar-refractivity contribution in [3.05, 3.63) is 53.1 Å². The van der Waals surface area contributed by atoms with E-state index in [1.54, 1.807) is 18.1 Å². The number of carbonyl (C=O) groups is 1. The van der Waals surface area contributed by atoms with Gasteiger partial charge in [0.1, 0.15) is 0 Å². The molecule has 1 aromatic heterocycles. The van der Waals surface area contributed by atoms with Gasteiger partial charge in [-0.15, -0.1) is 0 Å². The van der Waals surface area contributed by atoms with Gasteiger partial charge in [-0.25, -0.2) is 4.98 Å². The Hall–Kier alpha value is -1.33. The van der Waals surface area contributed by atoms with Gasteiger partial charge in [0.05, 0.1) is 10.8 Å². The highest BCUT2D eigenvalue weighted by Gasteiger charge is 2.11. The summed E-state index contributed by atoms with van der Waals surface area (Å²) in [7, 11) is 1.78. The molecule has 1 aromatic carbocycles. The Balaban J connectivity index is 1.93. The van der Waals surface area contributed by atoms with E-state index in [1.807, 2.05) is 42.5 Å². The Morgan fingerprint density at radius 2 is 2.00 bits per heavy atom. The zero-order valence-corrected chi connectivity index (χ0v) is 12.8. The lowest BCUT2D eigenvalue weighted by Crippen LogP contribution is -2.27. The molecule has 1 amide bonds. The third-order valence-corrected chi connectivity index (χ3v) is 3.96. The maximum absolute atomic E-state index is 12.1. The van der Waals surface area contributed by atoms with Crippen molar-refractivity contribution in [2.45, 2.75) is 5.03 Å². The Labute approximate surface area is 125 Å². The summed E-state index contributed by atoms with van der Waals surface area (Å²) >= 11 is 4.77. The minimum absolute atomic E-state index is 0.0564. The van der Waals surface area contributed by atoms with Crippen molar-refractivity contribution in [2.24, 2.45) is 0 Å². The smallest absolute Gasteiger partial charge is 0.237 e. The number of amides is 1. The summed E-state index contributed by atoms with van der Waals surface area (Å²) in [6.07, 6.45) is 1.73. The standard InChI is InChI=1S/C14H13BrN2OS/c1-17(12-5-3-2-4-6-12)14(18)10-19-13-8-7-11(15)9-16-13/h2-9H,10H2,1H3. The number of nitrogens with zero attached hydrogens (tertiary/aromatic N) is 2.